The van der Waals surface area contributed by atoms with E-state index in [-0.39, 0.29) is 11.9 Å². The number of hydrogen-bond donors (Lipinski definition) is 1. The predicted octanol–water partition coefficient (Wildman–Crippen LogP) is 2.48. The molecule has 0 aromatic carbocycles. The van der Waals surface area contributed by atoms with Gasteiger partial charge in [-0.2, -0.15) is 5.26 Å². The van der Waals surface area contributed by atoms with Crippen LogP contribution in [0.4, 0.5) is 0 Å². The largest absolute Gasteiger partial charge is 0.348 e. The summed E-state index contributed by atoms with van der Waals surface area (Å²) in [6, 6.07) is 5.29. The Morgan fingerprint density at radius 2 is 2.26 bits per heavy atom. The second-order valence-electron chi connectivity index (χ2n) is 4.82. The van der Waals surface area contributed by atoms with E-state index in [1.165, 1.54) is 12.6 Å². The first kappa shape index (κ1) is 13.8. The zero-order valence-electron chi connectivity index (χ0n) is 10.6. The number of nitriles is 1. The van der Waals surface area contributed by atoms with Crippen LogP contribution in [-0.2, 0) is 0 Å². The third-order valence-corrected chi connectivity index (χ3v) is 3.95. The van der Waals surface area contributed by atoms with Crippen molar-refractivity contribution in [2.75, 3.05) is 5.88 Å². The van der Waals surface area contributed by atoms with Gasteiger partial charge in [0.2, 0.25) is 0 Å². The van der Waals surface area contributed by atoms with E-state index >= 15 is 0 Å². The smallest absolute Gasteiger partial charge is 0.270 e. The topological polar surface area (TPSA) is 65.8 Å². The Morgan fingerprint density at radius 1 is 1.47 bits per heavy atom. The van der Waals surface area contributed by atoms with E-state index in [2.05, 4.69) is 10.3 Å². The van der Waals surface area contributed by atoms with Crippen molar-refractivity contribution in [1.82, 2.24) is 10.3 Å². The lowest BCUT2D eigenvalue weighted by Crippen LogP contribution is -2.43. The normalized spacial score (nSPS) is 22.5. The molecule has 1 fully saturated rings. The molecule has 1 aromatic rings. The van der Waals surface area contributed by atoms with E-state index in [1.807, 2.05) is 6.07 Å². The fraction of sp³-hybridized carbons (Fsp3) is 0.500. The number of aromatic nitrogens is 1. The van der Waals surface area contributed by atoms with E-state index in [9.17, 15) is 4.79 Å². The molecule has 0 spiro atoms. The number of rotatable bonds is 3. The highest BCUT2D eigenvalue weighted by molar-refractivity contribution is 6.18. The summed E-state index contributed by atoms with van der Waals surface area (Å²) in [5, 5.41) is 11.7. The zero-order chi connectivity index (χ0) is 13.7. The summed E-state index contributed by atoms with van der Waals surface area (Å²) in [4.78, 5) is 16.1. The van der Waals surface area contributed by atoms with Gasteiger partial charge in [0.25, 0.3) is 5.91 Å². The van der Waals surface area contributed by atoms with Gasteiger partial charge in [0.05, 0.1) is 5.56 Å². The molecule has 19 heavy (non-hydrogen) atoms. The summed E-state index contributed by atoms with van der Waals surface area (Å²) in [6.45, 7) is 0. The fourth-order valence-corrected chi connectivity index (χ4v) is 2.79. The lowest BCUT2D eigenvalue weighted by atomic mass is 9.85. The van der Waals surface area contributed by atoms with Gasteiger partial charge in [-0.1, -0.05) is 12.8 Å². The lowest BCUT2D eigenvalue weighted by Gasteiger charge is -2.30. The minimum absolute atomic E-state index is 0.135. The van der Waals surface area contributed by atoms with Crippen molar-refractivity contribution in [3.63, 3.8) is 0 Å². The van der Waals surface area contributed by atoms with Crippen LogP contribution in [0, 0.1) is 17.2 Å². The highest BCUT2D eigenvalue weighted by atomic mass is 35.5. The van der Waals surface area contributed by atoms with Gasteiger partial charge in [-0.15, -0.1) is 11.6 Å². The van der Waals surface area contributed by atoms with Crippen molar-refractivity contribution in [1.29, 1.82) is 5.26 Å². The zero-order valence-corrected chi connectivity index (χ0v) is 11.4. The van der Waals surface area contributed by atoms with Crippen molar-refractivity contribution >= 4 is 17.5 Å². The lowest BCUT2D eigenvalue weighted by molar-refractivity contribution is 0.0906. The molecule has 0 bridgehead atoms. The van der Waals surface area contributed by atoms with Gasteiger partial charge < -0.3 is 5.32 Å². The number of carbonyl (C=O) groups excluding carboxylic acids is 1. The third-order valence-electron chi connectivity index (χ3n) is 3.55. The van der Waals surface area contributed by atoms with Gasteiger partial charge in [0, 0.05) is 18.1 Å². The molecule has 1 aliphatic carbocycles. The van der Waals surface area contributed by atoms with Crippen LogP contribution in [0.15, 0.2) is 18.3 Å². The van der Waals surface area contributed by atoms with E-state index in [1.54, 1.807) is 12.1 Å². The molecule has 100 valence electrons. The average molecular weight is 278 g/mol. The maximum atomic E-state index is 12.1. The maximum absolute atomic E-state index is 12.1. The molecule has 1 N–H and O–H groups in total. The van der Waals surface area contributed by atoms with Crippen LogP contribution < -0.4 is 5.32 Å². The Bertz CT molecular complexity index is 480. The van der Waals surface area contributed by atoms with Crippen molar-refractivity contribution in [3.05, 3.63) is 29.6 Å². The number of alkyl halides is 1. The summed E-state index contributed by atoms with van der Waals surface area (Å²) in [5.74, 6) is 0.732. The van der Waals surface area contributed by atoms with Crippen molar-refractivity contribution in [2.45, 2.75) is 31.7 Å². The predicted molar refractivity (Wildman–Crippen MR) is 72.9 cm³/mol. The molecule has 0 aliphatic heterocycles. The van der Waals surface area contributed by atoms with Crippen molar-refractivity contribution in [3.8, 4) is 6.07 Å². The van der Waals surface area contributed by atoms with Gasteiger partial charge in [0.1, 0.15) is 11.8 Å². The van der Waals surface area contributed by atoms with Crippen LogP contribution >= 0.6 is 11.6 Å². The highest BCUT2D eigenvalue weighted by Crippen LogP contribution is 2.25. The van der Waals surface area contributed by atoms with E-state index in [0.717, 1.165) is 19.3 Å². The number of carbonyl (C=O) groups is 1. The van der Waals surface area contributed by atoms with Crippen LogP contribution in [0.5, 0.6) is 0 Å². The van der Waals surface area contributed by atoms with Gasteiger partial charge in [-0.3, -0.25) is 4.79 Å². The van der Waals surface area contributed by atoms with E-state index < -0.39 is 0 Å². The molecule has 1 saturated carbocycles. The molecule has 1 aliphatic rings. The van der Waals surface area contributed by atoms with Gasteiger partial charge in [0.15, 0.2) is 0 Å². The van der Waals surface area contributed by atoms with Crippen LogP contribution in [0.2, 0.25) is 0 Å². The molecule has 1 amide bonds. The van der Waals surface area contributed by atoms with Crippen molar-refractivity contribution in [2.24, 2.45) is 5.92 Å². The maximum Gasteiger partial charge on any atom is 0.270 e. The minimum Gasteiger partial charge on any atom is -0.348 e. The second kappa shape index (κ2) is 6.53. The first-order valence-corrected chi connectivity index (χ1v) is 7.01. The van der Waals surface area contributed by atoms with E-state index in [4.69, 9.17) is 16.9 Å². The molecular formula is C14H16ClN3O. The highest BCUT2D eigenvalue weighted by Gasteiger charge is 2.26. The number of hydrogen-bond acceptors (Lipinski definition) is 3. The van der Waals surface area contributed by atoms with Gasteiger partial charge >= 0.3 is 0 Å². The Morgan fingerprint density at radius 3 is 2.89 bits per heavy atom. The molecule has 1 heterocycles. The van der Waals surface area contributed by atoms with Gasteiger partial charge in [-0.25, -0.2) is 4.98 Å². The molecule has 2 rings (SSSR count). The van der Waals surface area contributed by atoms with Crippen LogP contribution in [0.1, 0.15) is 41.7 Å². The molecule has 5 heteroatoms. The van der Waals surface area contributed by atoms with Gasteiger partial charge in [-0.05, 0) is 30.9 Å². The molecule has 0 saturated heterocycles. The number of pyridine rings is 1. The second-order valence-corrected chi connectivity index (χ2v) is 5.13. The summed E-state index contributed by atoms with van der Waals surface area (Å²) in [5.41, 5.74) is 0.797. The summed E-state index contributed by atoms with van der Waals surface area (Å²) < 4.78 is 0. The minimum atomic E-state index is -0.188. The summed E-state index contributed by atoms with van der Waals surface area (Å²) in [6.07, 6.45) is 5.75. The molecule has 2 atom stereocenters. The SMILES string of the molecule is N#Cc1ccc(C(=O)NC2CCCCC2CCl)nc1. The van der Waals surface area contributed by atoms with E-state index in [0.29, 0.717) is 23.1 Å². The Hall–Kier alpha value is -1.60. The monoisotopic (exact) mass is 277 g/mol. The standard InChI is InChI=1S/C14H16ClN3O/c15-7-11-3-1-2-4-12(11)18-14(19)13-6-5-10(8-16)9-17-13/h5-6,9,11-12H,1-4,7H2,(H,18,19). The van der Waals surface area contributed by atoms with Crippen LogP contribution in [0.3, 0.4) is 0 Å². The fourth-order valence-electron chi connectivity index (χ4n) is 2.42. The Balaban J connectivity index is 2.01. The molecule has 2 unspecified atom stereocenters. The number of halogens is 1. The van der Waals surface area contributed by atoms with Crippen LogP contribution in [-0.4, -0.2) is 22.8 Å². The number of amides is 1. The first-order chi connectivity index (χ1) is 9.24. The quantitative estimate of drug-likeness (QED) is 0.863. The van der Waals surface area contributed by atoms with Crippen LogP contribution in [0.25, 0.3) is 0 Å². The third kappa shape index (κ3) is 3.45. The number of nitrogens with one attached hydrogen (secondary N) is 1. The summed E-state index contributed by atoms with van der Waals surface area (Å²) >= 11 is 5.94. The molecular weight excluding hydrogens is 262 g/mol. The van der Waals surface area contributed by atoms with Crippen molar-refractivity contribution < 1.29 is 4.79 Å². The average Bonchev–Trinajstić information content (AvgIpc) is 2.48. The molecule has 4 nitrogen and oxygen atoms in total. The Kier molecular flexibility index (Phi) is 4.75. The molecule has 1 aromatic heterocycles. The first-order valence-electron chi connectivity index (χ1n) is 6.47. The number of nitrogens with zero attached hydrogens (tertiary/aromatic N) is 2. The Labute approximate surface area is 117 Å². The summed E-state index contributed by atoms with van der Waals surface area (Å²) in [7, 11) is 0. The molecule has 0 radical (unpaired) electrons.